The minimum Gasteiger partial charge on any atom is -0.340 e. The molecule has 170 valence electrons. The van der Waals surface area contributed by atoms with Gasteiger partial charge < -0.3 is 15.1 Å². The molecule has 1 aromatic heterocycles. The van der Waals surface area contributed by atoms with E-state index in [4.69, 9.17) is 11.6 Å². The highest BCUT2D eigenvalue weighted by Gasteiger charge is 2.32. The smallest absolute Gasteiger partial charge is 0.324 e. The van der Waals surface area contributed by atoms with Crippen molar-refractivity contribution in [2.45, 2.75) is 19.9 Å². The lowest BCUT2D eigenvalue weighted by Gasteiger charge is -2.37. The molecule has 1 unspecified atom stereocenters. The third-order valence-electron chi connectivity index (χ3n) is 5.19. The third kappa shape index (κ3) is 5.43. The molecule has 9 nitrogen and oxygen atoms in total. The number of thiophene rings is 1. The fraction of sp³-hybridized carbons (Fsp3) is 0.381. The summed E-state index contributed by atoms with van der Waals surface area (Å²) in [4.78, 5) is 52.1. The summed E-state index contributed by atoms with van der Waals surface area (Å²) in [7, 11) is 0. The summed E-state index contributed by atoms with van der Waals surface area (Å²) in [5, 5.41) is 14.1. The summed E-state index contributed by atoms with van der Waals surface area (Å²) in [5.41, 5.74) is 0.410. The predicted molar refractivity (Wildman–Crippen MR) is 121 cm³/mol. The van der Waals surface area contributed by atoms with Crippen molar-refractivity contribution < 1.29 is 19.3 Å². The van der Waals surface area contributed by atoms with Crippen LogP contribution in [0.3, 0.4) is 0 Å². The first-order valence-corrected chi connectivity index (χ1v) is 11.3. The number of nitrogens with one attached hydrogen (secondary N) is 1. The van der Waals surface area contributed by atoms with Crippen LogP contribution in [0.25, 0.3) is 0 Å². The Morgan fingerprint density at radius 3 is 2.16 bits per heavy atom. The van der Waals surface area contributed by atoms with E-state index in [1.54, 1.807) is 34.1 Å². The van der Waals surface area contributed by atoms with Crippen LogP contribution >= 0.6 is 22.9 Å². The molecular formula is C21H23ClN4O5S. The Kier molecular flexibility index (Phi) is 7.47. The van der Waals surface area contributed by atoms with Gasteiger partial charge in [0.25, 0.3) is 11.8 Å². The molecule has 1 fully saturated rings. The van der Waals surface area contributed by atoms with E-state index in [9.17, 15) is 24.5 Å². The lowest BCUT2D eigenvalue weighted by atomic mass is 10.0. The van der Waals surface area contributed by atoms with Crippen LogP contribution in [0.4, 0.5) is 5.00 Å². The van der Waals surface area contributed by atoms with E-state index in [2.05, 4.69) is 5.32 Å². The average Bonchev–Trinajstić information content (AvgIpc) is 3.27. The number of benzene rings is 1. The highest BCUT2D eigenvalue weighted by molar-refractivity contribution is 7.17. The summed E-state index contributed by atoms with van der Waals surface area (Å²) in [6.07, 6.45) is 0. The van der Waals surface area contributed by atoms with Crippen molar-refractivity contribution in [2.75, 3.05) is 26.2 Å². The number of amides is 3. The van der Waals surface area contributed by atoms with E-state index in [1.807, 2.05) is 13.8 Å². The number of carbonyl (C=O) groups is 3. The molecule has 32 heavy (non-hydrogen) atoms. The number of halogens is 1. The van der Waals surface area contributed by atoms with Crippen LogP contribution < -0.4 is 5.32 Å². The van der Waals surface area contributed by atoms with E-state index in [1.165, 1.54) is 12.1 Å². The molecule has 0 bridgehead atoms. The first-order chi connectivity index (χ1) is 15.2. The van der Waals surface area contributed by atoms with Gasteiger partial charge >= 0.3 is 5.00 Å². The number of nitrogens with zero attached hydrogens (tertiary/aromatic N) is 3. The van der Waals surface area contributed by atoms with E-state index < -0.39 is 11.0 Å². The van der Waals surface area contributed by atoms with E-state index in [-0.39, 0.29) is 28.6 Å². The second-order valence-electron chi connectivity index (χ2n) is 7.71. The molecule has 1 aromatic carbocycles. The van der Waals surface area contributed by atoms with Gasteiger partial charge in [-0.2, -0.15) is 0 Å². The van der Waals surface area contributed by atoms with Crippen LogP contribution in [0, 0.1) is 16.0 Å². The molecule has 0 aliphatic carbocycles. The normalized spacial score (nSPS) is 14.9. The Balaban J connectivity index is 1.60. The molecule has 3 amide bonds. The van der Waals surface area contributed by atoms with E-state index >= 15 is 0 Å². The van der Waals surface area contributed by atoms with Crippen molar-refractivity contribution in [1.82, 2.24) is 15.1 Å². The minimum absolute atomic E-state index is 0.0848. The molecule has 2 aromatic rings. The molecular weight excluding hydrogens is 456 g/mol. The Hall–Kier alpha value is -2.98. The van der Waals surface area contributed by atoms with Gasteiger partial charge in [-0.3, -0.25) is 24.5 Å². The SMILES string of the molecule is CC(C)C(NC(=O)c1ccc(Cl)cc1)C(=O)N1CCN(C(=O)c2ccc([N+](=O)[O-])s2)CC1. The van der Waals surface area contributed by atoms with Crippen molar-refractivity contribution >= 4 is 45.7 Å². The number of nitro groups is 1. The first kappa shape index (κ1) is 23.7. The van der Waals surface area contributed by atoms with Crippen LogP contribution in [0.2, 0.25) is 5.02 Å². The monoisotopic (exact) mass is 478 g/mol. The molecule has 1 saturated heterocycles. The van der Waals surface area contributed by atoms with Gasteiger partial charge in [0.05, 0.1) is 9.80 Å². The Bertz CT molecular complexity index is 1020. The summed E-state index contributed by atoms with van der Waals surface area (Å²) in [6, 6.07) is 8.47. The van der Waals surface area contributed by atoms with Crippen LogP contribution in [0.5, 0.6) is 0 Å². The van der Waals surface area contributed by atoms with E-state index in [0.29, 0.717) is 41.6 Å². The Morgan fingerprint density at radius 1 is 1.03 bits per heavy atom. The summed E-state index contributed by atoms with van der Waals surface area (Å²) in [6.45, 7) is 4.97. The third-order valence-corrected chi connectivity index (χ3v) is 6.46. The topological polar surface area (TPSA) is 113 Å². The maximum absolute atomic E-state index is 13.1. The van der Waals surface area contributed by atoms with Gasteiger partial charge in [0.15, 0.2) is 0 Å². The van der Waals surface area contributed by atoms with Crippen LogP contribution in [0.15, 0.2) is 36.4 Å². The molecule has 0 radical (unpaired) electrons. The van der Waals surface area contributed by atoms with Crippen molar-refractivity contribution in [2.24, 2.45) is 5.92 Å². The van der Waals surface area contributed by atoms with Gasteiger partial charge in [-0.05, 0) is 36.2 Å². The zero-order chi connectivity index (χ0) is 23.4. The van der Waals surface area contributed by atoms with Gasteiger partial charge in [0, 0.05) is 42.8 Å². The molecule has 1 aliphatic heterocycles. The highest BCUT2D eigenvalue weighted by atomic mass is 35.5. The second kappa shape index (κ2) is 10.1. The molecule has 0 saturated carbocycles. The Labute approximate surface area is 194 Å². The van der Waals surface area contributed by atoms with Gasteiger partial charge in [0.2, 0.25) is 5.91 Å². The zero-order valence-electron chi connectivity index (χ0n) is 17.6. The average molecular weight is 479 g/mol. The molecule has 1 atom stereocenters. The first-order valence-electron chi connectivity index (χ1n) is 10.1. The standard InChI is InChI=1S/C21H23ClN4O5S/c1-13(2)18(23-19(27)14-3-5-15(22)6-4-14)21(29)25-11-9-24(10-12-25)20(28)16-7-8-17(32-16)26(30)31/h3-8,13,18H,9-12H2,1-2H3,(H,23,27). The molecule has 1 aliphatic rings. The highest BCUT2D eigenvalue weighted by Crippen LogP contribution is 2.25. The predicted octanol–water partition coefficient (Wildman–Crippen LogP) is 3.05. The quantitative estimate of drug-likeness (QED) is 0.506. The van der Waals surface area contributed by atoms with E-state index in [0.717, 1.165) is 11.3 Å². The summed E-state index contributed by atoms with van der Waals surface area (Å²) in [5.74, 6) is -0.986. The molecule has 1 N–H and O–H groups in total. The fourth-order valence-electron chi connectivity index (χ4n) is 3.36. The minimum atomic E-state index is -0.708. The number of hydrogen-bond donors (Lipinski definition) is 1. The molecule has 0 spiro atoms. The molecule has 2 heterocycles. The van der Waals surface area contributed by atoms with Crippen LogP contribution in [-0.4, -0.2) is 64.7 Å². The number of hydrogen-bond acceptors (Lipinski definition) is 6. The summed E-state index contributed by atoms with van der Waals surface area (Å²) >= 11 is 6.70. The van der Waals surface area contributed by atoms with Gasteiger partial charge in [0.1, 0.15) is 6.04 Å². The van der Waals surface area contributed by atoms with Gasteiger partial charge in [-0.25, -0.2) is 0 Å². The van der Waals surface area contributed by atoms with Gasteiger partial charge in [-0.15, -0.1) is 0 Å². The van der Waals surface area contributed by atoms with Crippen molar-refractivity contribution in [3.05, 3.63) is 62.0 Å². The van der Waals surface area contributed by atoms with Crippen LogP contribution in [-0.2, 0) is 4.79 Å². The van der Waals surface area contributed by atoms with Crippen LogP contribution in [0.1, 0.15) is 33.9 Å². The van der Waals surface area contributed by atoms with Crippen molar-refractivity contribution in [3.8, 4) is 0 Å². The van der Waals surface area contributed by atoms with Crippen molar-refractivity contribution in [1.29, 1.82) is 0 Å². The zero-order valence-corrected chi connectivity index (χ0v) is 19.2. The van der Waals surface area contributed by atoms with Gasteiger partial charge in [-0.1, -0.05) is 36.8 Å². The lowest BCUT2D eigenvalue weighted by molar-refractivity contribution is -0.380. The number of carbonyl (C=O) groups excluding carboxylic acids is 3. The maximum atomic E-state index is 13.1. The number of rotatable bonds is 6. The van der Waals surface area contributed by atoms with Crippen molar-refractivity contribution in [3.63, 3.8) is 0 Å². The fourth-order valence-corrected chi connectivity index (χ4v) is 4.28. The Morgan fingerprint density at radius 2 is 1.62 bits per heavy atom. The molecule has 3 rings (SSSR count). The summed E-state index contributed by atoms with van der Waals surface area (Å²) < 4.78 is 0. The number of piperazine rings is 1. The second-order valence-corrected chi connectivity index (χ2v) is 9.21. The lowest BCUT2D eigenvalue weighted by Crippen LogP contribution is -2.57. The molecule has 11 heteroatoms. The largest absolute Gasteiger partial charge is 0.340 e. The maximum Gasteiger partial charge on any atom is 0.324 e.